The Kier molecular flexibility index (Phi) is 4.03. The molecule has 4 nitrogen and oxygen atoms in total. The first-order chi connectivity index (χ1) is 9.86. The molecule has 1 saturated carbocycles. The quantitative estimate of drug-likeness (QED) is 0.871. The van der Waals surface area contributed by atoms with E-state index < -0.39 is 0 Å². The number of thioether (sulfide) groups is 1. The largest absolute Gasteiger partial charge is 0.262 e. The monoisotopic (exact) mass is 284 g/mol. The van der Waals surface area contributed by atoms with E-state index in [1.807, 2.05) is 24.3 Å². The molecule has 1 aliphatic carbocycles. The van der Waals surface area contributed by atoms with Crippen LogP contribution in [0.4, 0.5) is 0 Å². The van der Waals surface area contributed by atoms with E-state index in [0.717, 1.165) is 27.9 Å². The zero-order valence-electron chi connectivity index (χ0n) is 11.2. The second-order valence-corrected chi connectivity index (χ2v) is 5.98. The van der Waals surface area contributed by atoms with Crippen molar-refractivity contribution in [2.75, 3.05) is 0 Å². The lowest BCUT2D eigenvalue weighted by molar-refractivity contribution is 0.671. The Morgan fingerprint density at radius 3 is 2.90 bits per heavy atom. The van der Waals surface area contributed by atoms with Crippen LogP contribution in [-0.2, 0) is 5.75 Å². The molecule has 1 aromatic carbocycles. The first-order valence-corrected chi connectivity index (χ1v) is 7.88. The molecular formula is C15H16N4S. The van der Waals surface area contributed by atoms with Crippen LogP contribution in [-0.4, -0.2) is 15.2 Å². The SMILES string of the molecule is N#Cc1ccccc1CSc1n[nH]c(C2CCCC2)n1. The number of aromatic nitrogens is 3. The molecular weight excluding hydrogens is 268 g/mol. The maximum atomic E-state index is 9.07. The Bertz CT molecular complexity index is 623. The van der Waals surface area contributed by atoms with Gasteiger partial charge in [0.1, 0.15) is 5.82 Å². The molecule has 0 atom stereocenters. The minimum absolute atomic E-state index is 0.559. The van der Waals surface area contributed by atoms with Gasteiger partial charge >= 0.3 is 0 Å². The highest BCUT2D eigenvalue weighted by Crippen LogP contribution is 2.33. The van der Waals surface area contributed by atoms with Crippen molar-refractivity contribution in [2.45, 2.75) is 42.5 Å². The van der Waals surface area contributed by atoms with E-state index in [1.165, 1.54) is 25.7 Å². The highest BCUT2D eigenvalue weighted by Gasteiger charge is 2.20. The molecule has 2 aromatic rings. The van der Waals surface area contributed by atoms with Gasteiger partial charge in [0.2, 0.25) is 5.16 Å². The summed E-state index contributed by atoms with van der Waals surface area (Å²) in [6.07, 6.45) is 5.03. The molecule has 1 heterocycles. The second-order valence-electron chi connectivity index (χ2n) is 5.04. The minimum Gasteiger partial charge on any atom is -0.262 e. The van der Waals surface area contributed by atoms with Crippen LogP contribution < -0.4 is 0 Å². The van der Waals surface area contributed by atoms with Crippen LogP contribution in [0.25, 0.3) is 0 Å². The third-order valence-electron chi connectivity index (χ3n) is 3.72. The maximum absolute atomic E-state index is 9.07. The lowest BCUT2D eigenvalue weighted by atomic mass is 10.1. The van der Waals surface area contributed by atoms with Gasteiger partial charge in [0.05, 0.1) is 11.6 Å². The van der Waals surface area contributed by atoms with E-state index >= 15 is 0 Å². The molecule has 1 N–H and O–H groups in total. The summed E-state index contributed by atoms with van der Waals surface area (Å²) in [4.78, 5) is 4.58. The number of hydrogen-bond donors (Lipinski definition) is 1. The van der Waals surface area contributed by atoms with Gasteiger partial charge in [-0.1, -0.05) is 42.8 Å². The number of H-pyrrole nitrogens is 1. The van der Waals surface area contributed by atoms with Crippen molar-refractivity contribution in [1.29, 1.82) is 5.26 Å². The molecule has 0 radical (unpaired) electrons. The number of nitrogens with one attached hydrogen (secondary N) is 1. The Hall–Kier alpha value is -1.80. The summed E-state index contributed by atoms with van der Waals surface area (Å²) < 4.78 is 0. The highest BCUT2D eigenvalue weighted by molar-refractivity contribution is 7.98. The van der Waals surface area contributed by atoms with Crippen LogP contribution in [0, 0.1) is 11.3 Å². The van der Waals surface area contributed by atoms with Crippen LogP contribution in [0.2, 0.25) is 0 Å². The van der Waals surface area contributed by atoms with Crippen LogP contribution in [0.3, 0.4) is 0 Å². The van der Waals surface area contributed by atoms with Crippen LogP contribution in [0.1, 0.15) is 48.6 Å². The van der Waals surface area contributed by atoms with Crippen LogP contribution in [0.5, 0.6) is 0 Å². The molecule has 0 unspecified atom stereocenters. The van der Waals surface area contributed by atoms with Crippen molar-refractivity contribution < 1.29 is 0 Å². The van der Waals surface area contributed by atoms with Crippen molar-refractivity contribution >= 4 is 11.8 Å². The van der Waals surface area contributed by atoms with Crippen LogP contribution >= 0.6 is 11.8 Å². The fourth-order valence-electron chi connectivity index (χ4n) is 2.60. The summed E-state index contributed by atoms with van der Waals surface area (Å²) in [5, 5.41) is 17.2. The van der Waals surface area contributed by atoms with E-state index in [2.05, 4.69) is 21.3 Å². The third-order valence-corrected chi connectivity index (χ3v) is 4.61. The van der Waals surface area contributed by atoms with Gasteiger partial charge in [-0.3, -0.25) is 5.10 Å². The summed E-state index contributed by atoms with van der Waals surface area (Å²) in [5.41, 5.74) is 1.76. The summed E-state index contributed by atoms with van der Waals surface area (Å²) in [5.74, 6) is 2.31. The number of nitriles is 1. The molecule has 20 heavy (non-hydrogen) atoms. The zero-order chi connectivity index (χ0) is 13.8. The molecule has 0 saturated heterocycles. The summed E-state index contributed by atoms with van der Waals surface area (Å²) in [7, 11) is 0. The highest BCUT2D eigenvalue weighted by atomic mass is 32.2. The predicted molar refractivity (Wildman–Crippen MR) is 78.3 cm³/mol. The number of rotatable bonds is 4. The Morgan fingerprint density at radius 1 is 1.30 bits per heavy atom. The summed E-state index contributed by atoms with van der Waals surface area (Å²) in [6.45, 7) is 0. The van der Waals surface area contributed by atoms with Crippen molar-refractivity contribution in [3.8, 4) is 6.07 Å². The lowest BCUT2D eigenvalue weighted by Gasteiger charge is -2.02. The molecule has 0 amide bonds. The Labute approximate surface area is 122 Å². The molecule has 1 aliphatic rings. The second kappa shape index (κ2) is 6.10. The van der Waals surface area contributed by atoms with E-state index in [9.17, 15) is 0 Å². The standard InChI is InChI=1S/C15H16N4S/c16-9-12-7-3-4-8-13(12)10-20-15-17-14(18-19-15)11-5-1-2-6-11/h3-4,7-8,11H,1-2,5-6,10H2,(H,17,18,19). The van der Waals surface area contributed by atoms with Crippen molar-refractivity contribution in [1.82, 2.24) is 15.2 Å². The Morgan fingerprint density at radius 2 is 2.10 bits per heavy atom. The predicted octanol–water partition coefficient (Wildman–Crippen LogP) is 3.63. The van der Waals surface area contributed by atoms with Gasteiger partial charge in [0.15, 0.2) is 0 Å². The Balaban J connectivity index is 1.65. The molecule has 3 rings (SSSR count). The van der Waals surface area contributed by atoms with Gasteiger partial charge in [-0.05, 0) is 24.5 Å². The van der Waals surface area contributed by atoms with Gasteiger partial charge in [-0.25, -0.2) is 4.98 Å². The number of nitrogens with zero attached hydrogens (tertiary/aromatic N) is 3. The topological polar surface area (TPSA) is 65.4 Å². The van der Waals surface area contributed by atoms with Gasteiger partial charge < -0.3 is 0 Å². The molecule has 1 fully saturated rings. The van der Waals surface area contributed by atoms with Crippen LogP contribution in [0.15, 0.2) is 29.4 Å². The van der Waals surface area contributed by atoms with Gasteiger partial charge in [0.25, 0.3) is 0 Å². The summed E-state index contributed by atoms with van der Waals surface area (Å²) >= 11 is 1.58. The van der Waals surface area contributed by atoms with Gasteiger partial charge in [0, 0.05) is 11.7 Å². The lowest BCUT2D eigenvalue weighted by Crippen LogP contribution is -1.94. The smallest absolute Gasteiger partial charge is 0.208 e. The number of aromatic amines is 1. The zero-order valence-corrected chi connectivity index (χ0v) is 12.0. The minimum atomic E-state index is 0.559. The first kappa shape index (κ1) is 13.2. The summed E-state index contributed by atoms with van der Waals surface area (Å²) in [6, 6.07) is 9.89. The van der Waals surface area contributed by atoms with Gasteiger partial charge in [-0.2, -0.15) is 5.26 Å². The molecule has 5 heteroatoms. The van der Waals surface area contributed by atoms with Crippen molar-refractivity contribution in [3.05, 3.63) is 41.2 Å². The molecule has 1 aromatic heterocycles. The molecule has 102 valence electrons. The average Bonchev–Trinajstić information content (AvgIpc) is 3.16. The fourth-order valence-corrected chi connectivity index (χ4v) is 3.41. The fraction of sp³-hybridized carbons (Fsp3) is 0.400. The normalized spacial score (nSPS) is 15.3. The van der Waals surface area contributed by atoms with E-state index in [4.69, 9.17) is 5.26 Å². The number of benzene rings is 1. The average molecular weight is 284 g/mol. The van der Waals surface area contributed by atoms with E-state index in [1.54, 1.807) is 11.8 Å². The van der Waals surface area contributed by atoms with E-state index in [-0.39, 0.29) is 0 Å². The molecule has 0 aliphatic heterocycles. The van der Waals surface area contributed by atoms with Gasteiger partial charge in [-0.15, -0.1) is 5.10 Å². The maximum Gasteiger partial charge on any atom is 0.208 e. The van der Waals surface area contributed by atoms with Crippen molar-refractivity contribution in [3.63, 3.8) is 0 Å². The first-order valence-electron chi connectivity index (χ1n) is 6.90. The molecule has 0 spiro atoms. The number of hydrogen-bond acceptors (Lipinski definition) is 4. The van der Waals surface area contributed by atoms with Crippen molar-refractivity contribution in [2.24, 2.45) is 0 Å². The van der Waals surface area contributed by atoms with E-state index in [0.29, 0.717) is 5.92 Å². The molecule has 0 bridgehead atoms. The third kappa shape index (κ3) is 2.86.